The molecule has 0 aromatic heterocycles. The normalized spacial score (nSPS) is 11.9. The van der Waals surface area contributed by atoms with Gasteiger partial charge >= 0.3 is 0 Å². The summed E-state index contributed by atoms with van der Waals surface area (Å²) in [5, 5.41) is 23.6. The van der Waals surface area contributed by atoms with Gasteiger partial charge in [-0.15, -0.1) is 0 Å². The van der Waals surface area contributed by atoms with Crippen molar-refractivity contribution in [1.82, 2.24) is 5.32 Å². The van der Waals surface area contributed by atoms with Gasteiger partial charge in [0.2, 0.25) is 5.91 Å². The van der Waals surface area contributed by atoms with Crippen LogP contribution in [0.15, 0.2) is 72.8 Å². The molecule has 9 heteroatoms. The van der Waals surface area contributed by atoms with E-state index in [0.717, 1.165) is 29.7 Å². The summed E-state index contributed by atoms with van der Waals surface area (Å²) in [5.41, 5.74) is 8.78. The highest BCUT2D eigenvalue weighted by Crippen LogP contribution is 2.14. The van der Waals surface area contributed by atoms with Gasteiger partial charge in [-0.05, 0) is 79.1 Å². The second-order valence-corrected chi connectivity index (χ2v) is 8.72. The molecular formula is C30H31N3O6. The molecule has 0 heterocycles. The third kappa shape index (κ3) is 9.09. The number of amides is 2. The molecule has 0 radical (unpaired) electrons. The maximum atomic E-state index is 12.3. The van der Waals surface area contributed by atoms with E-state index in [-0.39, 0.29) is 11.5 Å². The molecule has 0 spiro atoms. The summed E-state index contributed by atoms with van der Waals surface area (Å²) in [4.78, 5) is 36.3. The number of aliphatic hydroxyl groups is 2. The Balaban J connectivity index is 1.49. The van der Waals surface area contributed by atoms with Crippen LogP contribution >= 0.6 is 0 Å². The smallest absolute Gasteiger partial charge is 0.251 e. The molecule has 0 saturated carbocycles. The number of nitrogens with two attached hydrogens (primary N) is 1. The Morgan fingerprint density at radius 2 is 1.51 bits per heavy atom. The molecule has 9 nitrogen and oxygen atoms in total. The Morgan fingerprint density at radius 1 is 0.923 bits per heavy atom. The van der Waals surface area contributed by atoms with Gasteiger partial charge in [0.25, 0.3) is 5.91 Å². The van der Waals surface area contributed by atoms with Crippen LogP contribution in [0.3, 0.4) is 0 Å². The highest BCUT2D eigenvalue weighted by molar-refractivity contribution is 5.98. The van der Waals surface area contributed by atoms with E-state index in [0.29, 0.717) is 17.7 Å². The van der Waals surface area contributed by atoms with Crippen LogP contribution in [0.1, 0.15) is 39.9 Å². The summed E-state index contributed by atoms with van der Waals surface area (Å²) >= 11 is 0. The van der Waals surface area contributed by atoms with Crippen molar-refractivity contribution >= 4 is 23.3 Å². The number of methoxy groups -OCH3 is 1. The fourth-order valence-corrected chi connectivity index (χ4v) is 3.63. The lowest BCUT2D eigenvalue weighted by atomic mass is 10.1. The Hall–Kier alpha value is -4.49. The molecule has 6 N–H and O–H groups in total. The zero-order chi connectivity index (χ0) is 28.2. The maximum absolute atomic E-state index is 12.3. The number of hydrogen-bond acceptors (Lipinski definition) is 7. The number of aryl methyl sites for hydroxylation is 1. The van der Waals surface area contributed by atoms with Crippen LogP contribution in [-0.4, -0.2) is 53.8 Å². The zero-order valence-electron chi connectivity index (χ0n) is 21.5. The van der Waals surface area contributed by atoms with Crippen molar-refractivity contribution in [3.05, 3.63) is 95.1 Å². The average molecular weight is 530 g/mol. The minimum absolute atomic E-state index is 0.0560. The van der Waals surface area contributed by atoms with Crippen LogP contribution in [-0.2, 0) is 16.0 Å². The van der Waals surface area contributed by atoms with Crippen molar-refractivity contribution in [3.63, 3.8) is 0 Å². The van der Waals surface area contributed by atoms with Crippen molar-refractivity contribution in [2.75, 3.05) is 19.0 Å². The predicted molar refractivity (Wildman–Crippen MR) is 147 cm³/mol. The third-order valence-electron chi connectivity index (χ3n) is 5.83. The third-order valence-corrected chi connectivity index (χ3v) is 5.83. The first-order valence-electron chi connectivity index (χ1n) is 12.3. The summed E-state index contributed by atoms with van der Waals surface area (Å²) in [6, 6.07) is 19.9. The van der Waals surface area contributed by atoms with Crippen LogP contribution in [0, 0.1) is 11.8 Å². The van der Waals surface area contributed by atoms with E-state index < -0.39 is 30.6 Å². The van der Waals surface area contributed by atoms with Crippen molar-refractivity contribution < 1.29 is 29.3 Å². The number of ether oxygens (including phenoxy) is 1. The van der Waals surface area contributed by atoms with Gasteiger partial charge in [0.05, 0.1) is 7.11 Å². The van der Waals surface area contributed by atoms with Crippen LogP contribution in [0.5, 0.6) is 5.75 Å². The molecule has 3 rings (SSSR count). The Morgan fingerprint density at radius 3 is 2.05 bits per heavy atom. The van der Waals surface area contributed by atoms with E-state index in [9.17, 15) is 19.5 Å². The monoisotopic (exact) mass is 529 g/mol. The van der Waals surface area contributed by atoms with Gasteiger partial charge in [-0.3, -0.25) is 14.4 Å². The SMILES string of the molecule is COc1ccc(CCCC(=O)Nc2ccc(C#Cc3ccc(C(=O)N[C@H](C(=O)CO)[C@@H](N)O)cc3)cc2)cc1. The minimum atomic E-state index is -1.64. The molecule has 39 heavy (non-hydrogen) atoms. The fraction of sp³-hybridized carbons (Fsp3) is 0.233. The van der Waals surface area contributed by atoms with E-state index in [4.69, 9.17) is 15.6 Å². The van der Waals surface area contributed by atoms with Crippen LogP contribution in [0.4, 0.5) is 5.69 Å². The summed E-state index contributed by atoms with van der Waals surface area (Å²) in [5.74, 6) is 5.36. The van der Waals surface area contributed by atoms with Crippen molar-refractivity contribution in [2.45, 2.75) is 31.5 Å². The van der Waals surface area contributed by atoms with E-state index in [1.54, 1.807) is 43.5 Å². The molecule has 0 saturated heterocycles. The number of hydrogen-bond donors (Lipinski definition) is 5. The number of carbonyl (C=O) groups excluding carboxylic acids is 3. The molecule has 202 valence electrons. The second kappa shape index (κ2) is 14.4. The first-order chi connectivity index (χ1) is 18.8. The maximum Gasteiger partial charge on any atom is 0.251 e. The highest BCUT2D eigenvalue weighted by Gasteiger charge is 2.25. The number of anilines is 1. The molecule has 0 aliphatic rings. The topological polar surface area (TPSA) is 151 Å². The first kappa shape index (κ1) is 29.1. The lowest BCUT2D eigenvalue weighted by molar-refractivity contribution is -0.126. The van der Waals surface area contributed by atoms with Crippen molar-refractivity contribution in [3.8, 4) is 17.6 Å². The van der Waals surface area contributed by atoms with Gasteiger partial charge in [0.1, 0.15) is 24.6 Å². The molecule has 2 amide bonds. The predicted octanol–water partition coefficient (Wildman–Crippen LogP) is 1.99. The highest BCUT2D eigenvalue weighted by atomic mass is 16.5. The van der Waals surface area contributed by atoms with E-state index in [1.807, 2.05) is 24.3 Å². The number of benzene rings is 3. The van der Waals surface area contributed by atoms with E-state index in [2.05, 4.69) is 22.5 Å². The van der Waals surface area contributed by atoms with Gasteiger partial charge in [-0.1, -0.05) is 24.0 Å². The quantitative estimate of drug-likeness (QED) is 0.188. The van der Waals surface area contributed by atoms with Gasteiger partial charge in [0, 0.05) is 28.8 Å². The number of rotatable bonds is 11. The van der Waals surface area contributed by atoms with Crippen molar-refractivity contribution in [2.24, 2.45) is 5.73 Å². The number of ketones is 1. The molecule has 0 fully saturated rings. The molecule has 3 aromatic carbocycles. The summed E-state index contributed by atoms with van der Waals surface area (Å²) in [7, 11) is 1.63. The van der Waals surface area contributed by atoms with E-state index >= 15 is 0 Å². The Labute approximate surface area is 227 Å². The van der Waals surface area contributed by atoms with Gasteiger partial charge in [0.15, 0.2) is 5.78 Å². The molecule has 2 atom stereocenters. The van der Waals surface area contributed by atoms with Gasteiger partial charge < -0.3 is 31.3 Å². The van der Waals surface area contributed by atoms with Gasteiger partial charge in [-0.2, -0.15) is 0 Å². The Kier molecular flexibility index (Phi) is 10.8. The second-order valence-electron chi connectivity index (χ2n) is 8.72. The largest absolute Gasteiger partial charge is 0.497 e. The first-order valence-corrected chi connectivity index (χ1v) is 12.3. The molecular weight excluding hydrogens is 498 g/mol. The standard InChI is InChI=1S/C30H31N3O6/c1-39-25-17-11-20(12-18-25)3-2-4-27(36)32-24-15-9-22(10-16-24)6-5-21-7-13-23(14-8-21)30(38)33-28(29(31)37)26(35)19-34/h7-18,28-29,34,37H,2-4,19,31H2,1H3,(H,32,36)(H,33,38)/t28-,29+/m1/s1. The minimum Gasteiger partial charge on any atom is -0.497 e. The molecule has 3 aromatic rings. The number of aliphatic hydroxyl groups excluding tert-OH is 2. The number of nitrogens with one attached hydrogen (secondary N) is 2. The van der Waals surface area contributed by atoms with Gasteiger partial charge in [-0.25, -0.2) is 0 Å². The molecule has 0 aliphatic carbocycles. The molecule has 0 bridgehead atoms. The van der Waals surface area contributed by atoms with Crippen LogP contribution in [0.25, 0.3) is 0 Å². The summed E-state index contributed by atoms with van der Waals surface area (Å²) in [6.07, 6.45) is 0.312. The number of carbonyl (C=O) groups is 3. The summed E-state index contributed by atoms with van der Waals surface area (Å²) in [6.45, 7) is -0.855. The molecule has 0 unspecified atom stereocenters. The summed E-state index contributed by atoms with van der Waals surface area (Å²) < 4.78 is 5.15. The van der Waals surface area contributed by atoms with Crippen LogP contribution < -0.4 is 21.1 Å². The molecule has 0 aliphatic heterocycles. The average Bonchev–Trinajstić information content (AvgIpc) is 2.95. The Bertz CT molecular complexity index is 1320. The zero-order valence-corrected chi connectivity index (χ0v) is 21.5. The van der Waals surface area contributed by atoms with E-state index in [1.165, 1.54) is 12.1 Å². The lowest BCUT2D eigenvalue weighted by Gasteiger charge is -2.19. The number of Topliss-reactive ketones (excluding diaryl/α,β-unsaturated/α-hetero) is 1. The van der Waals surface area contributed by atoms with Crippen molar-refractivity contribution in [1.29, 1.82) is 0 Å². The van der Waals surface area contributed by atoms with Crippen LogP contribution in [0.2, 0.25) is 0 Å². The lowest BCUT2D eigenvalue weighted by Crippen LogP contribution is -2.53. The fourth-order valence-electron chi connectivity index (χ4n) is 3.63.